The van der Waals surface area contributed by atoms with Gasteiger partial charge in [-0.25, -0.2) is 4.98 Å². The number of esters is 1. The Labute approximate surface area is 103 Å². The van der Waals surface area contributed by atoms with Crippen molar-refractivity contribution in [2.75, 3.05) is 12.8 Å². The molecule has 1 aromatic carbocycles. The van der Waals surface area contributed by atoms with Crippen molar-refractivity contribution >= 4 is 22.6 Å². The second-order valence-electron chi connectivity index (χ2n) is 3.85. The van der Waals surface area contributed by atoms with Crippen LogP contribution in [0.15, 0.2) is 29.3 Å². The van der Waals surface area contributed by atoms with Gasteiger partial charge in [0.1, 0.15) is 0 Å². The molecule has 0 saturated carbocycles. The van der Waals surface area contributed by atoms with Crippen LogP contribution < -0.4 is 11.3 Å². The van der Waals surface area contributed by atoms with Crippen LogP contribution in [0.2, 0.25) is 0 Å². The van der Waals surface area contributed by atoms with Crippen molar-refractivity contribution in [1.82, 2.24) is 9.55 Å². The minimum absolute atomic E-state index is 0.131. The maximum Gasteiger partial charge on any atom is 0.307 e. The van der Waals surface area contributed by atoms with E-state index >= 15 is 0 Å². The van der Waals surface area contributed by atoms with Crippen LogP contribution in [0.5, 0.6) is 0 Å². The van der Waals surface area contributed by atoms with E-state index in [1.807, 2.05) is 0 Å². The molecule has 6 nitrogen and oxygen atoms in total. The first-order chi connectivity index (χ1) is 8.61. The van der Waals surface area contributed by atoms with Gasteiger partial charge in [0.25, 0.3) is 5.56 Å². The van der Waals surface area contributed by atoms with Crippen LogP contribution in [0.3, 0.4) is 0 Å². The SMILES string of the molecule is COC(=O)CCn1cnc2ccc(N)cc2c1=O. The fourth-order valence-corrected chi connectivity index (χ4v) is 1.65. The Morgan fingerprint density at radius 2 is 2.28 bits per heavy atom. The number of hydrogen-bond acceptors (Lipinski definition) is 5. The van der Waals surface area contributed by atoms with E-state index in [1.54, 1.807) is 18.2 Å². The summed E-state index contributed by atoms with van der Waals surface area (Å²) in [6.45, 7) is 0.239. The van der Waals surface area contributed by atoms with E-state index in [1.165, 1.54) is 18.0 Å². The summed E-state index contributed by atoms with van der Waals surface area (Å²) >= 11 is 0. The van der Waals surface area contributed by atoms with Gasteiger partial charge < -0.3 is 10.5 Å². The highest BCUT2D eigenvalue weighted by Crippen LogP contribution is 2.10. The zero-order valence-electron chi connectivity index (χ0n) is 9.92. The summed E-state index contributed by atoms with van der Waals surface area (Å²) in [5, 5.41) is 0.447. The number of carbonyl (C=O) groups excluding carboxylic acids is 1. The number of nitrogens with two attached hydrogens (primary N) is 1. The van der Waals surface area contributed by atoms with Crippen LogP contribution in [-0.2, 0) is 16.1 Å². The van der Waals surface area contributed by atoms with Crippen LogP contribution >= 0.6 is 0 Å². The molecule has 0 radical (unpaired) electrons. The van der Waals surface area contributed by atoms with E-state index in [0.717, 1.165) is 0 Å². The number of nitrogens with zero attached hydrogens (tertiary/aromatic N) is 2. The van der Waals surface area contributed by atoms with Gasteiger partial charge in [-0.3, -0.25) is 14.2 Å². The third-order valence-electron chi connectivity index (χ3n) is 2.63. The summed E-state index contributed by atoms with van der Waals surface area (Å²) in [4.78, 5) is 27.3. The molecule has 0 bridgehead atoms. The van der Waals surface area contributed by atoms with E-state index in [4.69, 9.17) is 5.73 Å². The number of anilines is 1. The number of aryl methyl sites for hydroxylation is 1. The molecule has 0 aliphatic heterocycles. The quantitative estimate of drug-likeness (QED) is 0.632. The Morgan fingerprint density at radius 1 is 1.50 bits per heavy atom. The highest BCUT2D eigenvalue weighted by molar-refractivity contribution is 5.80. The lowest BCUT2D eigenvalue weighted by molar-refractivity contribution is -0.140. The largest absolute Gasteiger partial charge is 0.469 e. The van der Waals surface area contributed by atoms with Crippen LogP contribution in [0.4, 0.5) is 5.69 Å². The van der Waals surface area contributed by atoms with Crippen molar-refractivity contribution in [1.29, 1.82) is 0 Å². The van der Waals surface area contributed by atoms with E-state index < -0.39 is 0 Å². The highest BCUT2D eigenvalue weighted by Gasteiger charge is 2.06. The molecule has 1 heterocycles. The van der Waals surface area contributed by atoms with Gasteiger partial charge >= 0.3 is 5.97 Å². The van der Waals surface area contributed by atoms with Gasteiger partial charge in [-0.2, -0.15) is 0 Å². The number of ether oxygens (including phenoxy) is 1. The third kappa shape index (κ3) is 2.32. The summed E-state index contributed by atoms with van der Waals surface area (Å²) in [6.07, 6.45) is 1.55. The van der Waals surface area contributed by atoms with Crippen molar-refractivity contribution in [3.8, 4) is 0 Å². The van der Waals surface area contributed by atoms with E-state index in [2.05, 4.69) is 9.72 Å². The second kappa shape index (κ2) is 4.87. The molecule has 0 fully saturated rings. The number of fused-ring (bicyclic) bond motifs is 1. The van der Waals surface area contributed by atoms with Gasteiger partial charge in [0, 0.05) is 12.2 Å². The van der Waals surface area contributed by atoms with Gasteiger partial charge in [-0.15, -0.1) is 0 Å². The molecule has 1 aromatic heterocycles. The molecule has 0 amide bonds. The molecule has 0 unspecified atom stereocenters. The van der Waals surface area contributed by atoms with Gasteiger partial charge in [0.05, 0.1) is 30.8 Å². The normalized spacial score (nSPS) is 10.5. The van der Waals surface area contributed by atoms with Crippen molar-refractivity contribution < 1.29 is 9.53 Å². The molecule has 94 valence electrons. The lowest BCUT2D eigenvalue weighted by Crippen LogP contribution is -2.22. The van der Waals surface area contributed by atoms with Crippen LogP contribution in [0.1, 0.15) is 6.42 Å². The fraction of sp³-hybridized carbons (Fsp3) is 0.250. The molecule has 2 N–H and O–H groups in total. The average Bonchev–Trinajstić information content (AvgIpc) is 2.38. The van der Waals surface area contributed by atoms with Crippen molar-refractivity contribution in [3.63, 3.8) is 0 Å². The summed E-state index contributed by atoms with van der Waals surface area (Å²) in [7, 11) is 1.31. The molecule has 0 saturated heterocycles. The molecule has 0 spiro atoms. The molecule has 6 heteroatoms. The molecular weight excluding hydrogens is 234 g/mol. The topological polar surface area (TPSA) is 87.2 Å². The van der Waals surface area contributed by atoms with Crippen LogP contribution in [-0.4, -0.2) is 22.6 Å². The first-order valence-electron chi connectivity index (χ1n) is 5.43. The van der Waals surface area contributed by atoms with Gasteiger partial charge in [0.2, 0.25) is 0 Å². The van der Waals surface area contributed by atoms with Crippen molar-refractivity contribution in [2.24, 2.45) is 0 Å². The lowest BCUT2D eigenvalue weighted by Gasteiger charge is -2.06. The Balaban J connectivity index is 2.38. The number of nitrogen functional groups attached to an aromatic ring is 1. The van der Waals surface area contributed by atoms with Gasteiger partial charge in [-0.05, 0) is 18.2 Å². The van der Waals surface area contributed by atoms with Crippen molar-refractivity contribution in [2.45, 2.75) is 13.0 Å². The molecule has 2 aromatic rings. The monoisotopic (exact) mass is 247 g/mol. The number of hydrogen-bond donors (Lipinski definition) is 1. The minimum Gasteiger partial charge on any atom is -0.469 e. The van der Waals surface area contributed by atoms with E-state index in [-0.39, 0.29) is 24.5 Å². The summed E-state index contributed by atoms with van der Waals surface area (Å²) < 4.78 is 5.90. The zero-order valence-corrected chi connectivity index (χ0v) is 9.92. The number of aromatic nitrogens is 2. The number of methoxy groups -OCH3 is 1. The summed E-state index contributed by atoms with van der Waals surface area (Å²) in [6, 6.07) is 4.96. The van der Waals surface area contributed by atoms with Gasteiger partial charge in [-0.1, -0.05) is 0 Å². The lowest BCUT2D eigenvalue weighted by atomic mass is 10.2. The predicted octanol–water partition coefficient (Wildman–Crippen LogP) is 0.542. The molecule has 2 rings (SSSR count). The predicted molar refractivity (Wildman–Crippen MR) is 67.0 cm³/mol. The smallest absolute Gasteiger partial charge is 0.307 e. The molecule has 0 aliphatic rings. The number of benzene rings is 1. The third-order valence-corrected chi connectivity index (χ3v) is 2.63. The first-order valence-corrected chi connectivity index (χ1v) is 5.43. The minimum atomic E-state index is -0.366. The number of rotatable bonds is 3. The number of carbonyl (C=O) groups is 1. The van der Waals surface area contributed by atoms with Crippen molar-refractivity contribution in [3.05, 3.63) is 34.9 Å². The molecule has 18 heavy (non-hydrogen) atoms. The maximum absolute atomic E-state index is 12.1. The second-order valence-corrected chi connectivity index (χ2v) is 3.85. The fourth-order valence-electron chi connectivity index (χ4n) is 1.65. The molecule has 0 atom stereocenters. The Bertz CT molecular complexity index is 649. The Kier molecular flexibility index (Phi) is 3.27. The van der Waals surface area contributed by atoms with E-state index in [0.29, 0.717) is 16.6 Å². The highest BCUT2D eigenvalue weighted by atomic mass is 16.5. The summed E-state index contributed by atoms with van der Waals surface area (Å²) in [5.74, 6) is -0.366. The molecule has 0 aliphatic carbocycles. The maximum atomic E-state index is 12.1. The van der Waals surface area contributed by atoms with Crippen LogP contribution in [0.25, 0.3) is 10.9 Å². The van der Waals surface area contributed by atoms with E-state index in [9.17, 15) is 9.59 Å². The zero-order chi connectivity index (χ0) is 13.1. The summed E-state index contributed by atoms with van der Waals surface area (Å²) in [5.41, 5.74) is 6.52. The molecular formula is C12H13N3O3. The Hall–Kier alpha value is -2.37. The van der Waals surface area contributed by atoms with Gasteiger partial charge in [0.15, 0.2) is 0 Å². The first kappa shape index (κ1) is 12.1. The standard InChI is InChI=1S/C12H13N3O3/c1-18-11(16)4-5-15-7-14-10-3-2-8(13)6-9(10)12(15)17/h2-3,6-7H,4-5,13H2,1H3. The van der Waals surface area contributed by atoms with Crippen LogP contribution in [0, 0.1) is 0 Å². The average molecular weight is 247 g/mol. The Morgan fingerprint density at radius 3 is 3.00 bits per heavy atom.